The number of carbonyl (C=O) groups excluding carboxylic acids is 1. The van der Waals surface area contributed by atoms with Crippen molar-refractivity contribution < 1.29 is 18.0 Å². The van der Waals surface area contributed by atoms with E-state index in [1.807, 2.05) is 0 Å². The second-order valence-corrected chi connectivity index (χ2v) is 9.75. The van der Waals surface area contributed by atoms with E-state index in [2.05, 4.69) is 22.1 Å². The maximum Gasteiger partial charge on any atom is 0.260 e. The molecule has 5 N–H and O–H groups in total. The second-order valence-electron chi connectivity index (χ2n) is 9.75. The van der Waals surface area contributed by atoms with Crippen molar-refractivity contribution in [1.29, 1.82) is 0 Å². The second kappa shape index (κ2) is 11.8. The van der Waals surface area contributed by atoms with E-state index in [1.165, 1.54) is 18.2 Å². The van der Waals surface area contributed by atoms with E-state index in [-0.39, 0.29) is 42.1 Å². The van der Waals surface area contributed by atoms with Crippen molar-refractivity contribution in [1.82, 2.24) is 4.98 Å². The van der Waals surface area contributed by atoms with Crippen LogP contribution in [0.2, 0.25) is 0 Å². The monoisotopic (exact) mass is 567 g/mol. The number of carbonyl (C=O) groups is 1. The number of amides is 1. The lowest BCUT2D eigenvalue weighted by atomic mass is 9.95. The summed E-state index contributed by atoms with van der Waals surface area (Å²) < 4.78 is 44.4. The first-order valence-corrected chi connectivity index (χ1v) is 12.1. The molecule has 1 fully saturated rings. The molecule has 0 spiro atoms. The number of hydrogen-bond donors (Lipinski definition) is 3. The third-order valence-electron chi connectivity index (χ3n) is 6.97. The van der Waals surface area contributed by atoms with Crippen molar-refractivity contribution in [2.45, 2.75) is 38.6 Å². The molecule has 1 aliphatic carbocycles. The summed E-state index contributed by atoms with van der Waals surface area (Å²) >= 11 is 0. The van der Waals surface area contributed by atoms with Gasteiger partial charge in [-0.3, -0.25) is 9.78 Å². The molecule has 1 amide bonds. The van der Waals surface area contributed by atoms with Crippen molar-refractivity contribution in [3.63, 3.8) is 0 Å². The number of halogens is 5. The molecule has 1 aliphatic heterocycles. The summed E-state index contributed by atoms with van der Waals surface area (Å²) in [5, 5.41) is 2.78. The van der Waals surface area contributed by atoms with Crippen LogP contribution < -0.4 is 21.7 Å². The van der Waals surface area contributed by atoms with Crippen LogP contribution in [0, 0.1) is 23.4 Å². The van der Waals surface area contributed by atoms with Crippen molar-refractivity contribution in [3.05, 3.63) is 70.8 Å². The van der Waals surface area contributed by atoms with Gasteiger partial charge in [0, 0.05) is 36.1 Å². The molecule has 11 heteroatoms. The van der Waals surface area contributed by atoms with Gasteiger partial charge in [-0.05, 0) is 61.4 Å². The molecule has 0 saturated carbocycles. The van der Waals surface area contributed by atoms with E-state index in [1.54, 1.807) is 6.20 Å². The van der Waals surface area contributed by atoms with Gasteiger partial charge in [0.1, 0.15) is 17.5 Å². The minimum atomic E-state index is -1.10. The van der Waals surface area contributed by atoms with Crippen LogP contribution in [0.4, 0.5) is 30.2 Å². The summed E-state index contributed by atoms with van der Waals surface area (Å²) in [5.41, 5.74) is 14.0. The highest BCUT2D eigenvalue weighted by atomic mass is 35.5. The number of anilines is 3. The zero-order valence-corrected chi connectivity index (χ0v) is 22.4. The number of pyridine rings is 1. The number of piperidine rings is 1. The maximum absolute atomic E-state index is 15.6. The van der Waals surface area contributed by atoms with Gasteiger partial charge in [-0.2, -0.15) is 0 Å². The van der Waals surface area contributed by atoms with Gasteiger partial charge in [0.05, 0.1) is 28.7 Å². The highest BCUT2D eigenvalue weighted by Crippen LogP contribution is 2.39. The smallest absolute Gasteiger partial charge is 0.260 e. The Labute approximate surface area is 231 Å². The number of hydrogen-bond acceptors (Lipinski definition) is 5. The number of fused-ring (bicyclic) bond motifs is 1. The summed E-state index contributed by atoms with van der Waals surface area (Å²) in [4.78, 5) is 20.1. The minimum absolute atomic E-state index is 0. The van der Waals surface area contributed by atoms with Crippen molar-refractivity contribution >= 4 is 47.8 Å². The van der Waals surface area contributed by atoms with Crippen LogP contribution in [0.25, 0.3) is 11.1 Å². The summed E-state index contributed by atoms with van der Waals surface area (Å²) in [6.45, 7) is 3.53. The van der Waals surface area contributed by atoms with Crippen LogP contribution in [-0.2, 0) is 12.8 Å². The van der Waals surface area contributed by atoms with Gasteiger partial charge in [0.25, 0.3) is 5.91 Å². The number of rotatable bonds is 4. The number of nitrogens with one attached hydrogen (secondary N) is 1. The van der Waals surface area contributed by atoms with Gasteiger partial charge in [-0.25, -0.2) is 13.2 Å². The fraction of sp³-hybridized carbons (Fsp3) is 0.333. The van der Waals surface area contributed by atoms with E-state index in [9.17, 15) is 13.6 Å². The Balaban J connectivity index is 0.00000200. The highest BCUT2D eigenvalue weighted by molar-refractivity contribution is 6.10. The number of nitrogens with two attached hydrogens (primary N) is 2. The molecule has 5 rings (SSSR count). The van der Waals surface area contributed by atoms with Crippen molar-refractivity contribution in [2.75, 3.05) is 29.0 Å². The van der Waals surface area contributed by atoms with Gasteiger partial charge in [-0.1, -0.05) is 13.0 Å². The maximum atomic E-state index is 15.6. The summed E-state index contributed by atoms with van der Waals surface area (Å²) in [5.74, 6) is -3.43. The van der Waals surface area contributed by atoms with Crippen LogP contribution >= 0.6 is 24.8 Å². The van der Waals surface area contributed by atoms with Gasteiger partial charge in [0.2, 0.25) is 0 Å². The average Bonchev–Trinajstić information content (AvgIpc) is 3.28. The average molecular weight is 568 g/mol. The third kappa shape index (κ3) is 5.41. The molecule has 6 nitrogen and oxygen atoms in total. The first-order chi connectivity index (χ1) is 17.2. The fourth-order valence-electron chi connectivity index (χ4n) is 5.48. The molecule has 0 bridgehead atoms. The number of nitrogen functional groups attached to an aromatic ring is 1. The lowest BCUT2D eigenvalue weighted by Crippen LogP contribution is -2.47. The molecule has 2 aromatic carbocycles. The van der Waals surface area contributed by atoms with Crippen molar-refractivity contribution in [3.8, 4) is 11.1 Å². The molecular weight excluding hydrogens is 538 g/mol. The quantitative estimate of drug-likeness (QED) is 0.361. The number of nitrogens with zero attached hydrogens (tertiary/aromatic N) is 2. The molecule has 2 heterocycles. The van der Waals surface area contributed by atoms with E-state index in [0.29, 0.717) is 18.2 Å². The largest absolute Gasteiger partial charge is 0.398 e. The Morgan fingerprint density at radius 3 is 2.47 bits per heavy atom. The van der Waals surface area contributed by atoms with Crippen LogP contribution in [-0.4, -0.2) is 30.0 Å². The topological polar surface area (TPSA) is 97.3 Å². The Bertz CT molecular complexity index is 1330. The van der Waals surface area contributed by atoms with E-state index >= 15 is 4.39 Å². The molecule has 1 aromatic heterocycles. The zero-order chi connectivity index (χ0) is 25.6. The van der Waals surface area contributed by atoms with Crippen LogP contribution in [0.1, 0.15) is 41.4 Å². The normalized spacial score (nSPS) is 18.3. The lowest BCUT2D eigenvalue weighted by molar-refractivity contribution is 0.102. The van der Waals surface area contributed by atoms with Gasteiger partial charge >= 0.3 is 0 Å². The summed E-state index contributed by atoms with van der Waals surface area (Å²) in [6.07, 6.45) is 5.12. The molecular formula is C27H30Cl2F3N5O. The predicted octanol–water partition coefficient (Wildman–Crippen LogP) is 5.51. The van der Waals surface area contributed by atoms with E-state index in [0.717, 1.165) is 61.3 Å². The SMILES string of the molecule is C[C@@H]1C[C@H](N)CN(c2c(NC(=O)c3c(N)ccc(-c4c(F)cccc4F)c3F)cnc3c2CCC3)C1.Cl.Cl. The Morgan fingerprint density at radius 1 is 1.08 bits per heavy atom. The van der Waals surface area contributed by atoms with Crippen LogP contribution in [0.5, 0.6) is 0 Å². The van der Waals surface area contributed by atoms with Crippen LogP contribution in [0.15, 0.2) is 36.5 Å². The standard InChI is InChI=1S/C27H28F3N5O.2ClH/c1-14-10-15(31)13-35(12-14)26-16-4-2-7-21(16)33-11-22(26)34-27(36)24-20(32)9-8-17(25(24)30)23-18(28)5-3-6-19(23)29;;/h3,5-6,8-9,11,14-15H,2,4,7,10,12-13,31-32H2,1H3,(H,34,36);2*1H/t14-,15+;;/m1../s1. The molecule has 1 saturated heterocycles. The molecule has 3 aromatic rings. The molecule has 38 heavy (non-hydrogen) atoms. The summed E-state index contributed by atoms with van der Waals surface area (Å²) in [6, 6.07) is 5.67. The van der Waals surface area contributed by atoms with E-state index < -0.39 is 34.5 Å². The highest BCUT2D eigenvalue weighted by Gasteiger charge is 2.30. The Morgan fingerprint density at radius 2 is 1.79 bits per heavy atom. The van der Waals surface area contributed by atoms with Crippen molar-refractivity contribution in [2.24, 2.45) is 11.7 Å². The fourth-order valence-corrected chi connectivity index (χ4v) is 5.48. The zero-order valence-electron chi connectivity index (χ0n) is 20.8. The van der Waals surface area contributed by atoms with E-state index in [4.69, 9.17) is 11.5 Å². The molecule has 2 aliphatic rings. The molecule has 0 radical (unpaired) electrons. The lowest BCUT2D eigenvalue weighted by Gasteiger charge is -2.38. The first-order valence-electron chi connectivity index (χ1n) is 12.1. The van der Waals surface area contributed by atoms with Gasteiger partial charge in [0.15, 0.2) is 0 Å². The van der Waals surface area contributed by atoms with Gasteiger partial charge < -0.3 is 21.7 Å². The van der Waals surface area contributed by atoms with Crippen LogP contribution in [0.3, 0.4) is 0 Å². The third-order valence-corrected chi connectivity index (χ3v) is 6.97. The number of benzene rings is 2. The predicted molar refractivity (Wildman–Crippen MR) is 149 cm³/mol. The Hall–Kier alpha value is -3.01. The first kappa shape index (κ1) is 29.5. The number of aromatic nitrogens is 1. The summed E-state index contributed by atoms with van der Waals surface area (Å²) in [7, 11) is 0. The minimum Gasteiger partial charge on any atom is -0.398 e. The van der Waals surface area contributed by atoms with Gasteiger partial charge in [-0.15, -0.1) is 24.8 Å². The molecule has 0 unspecified atom stereocenters. The Kier molecular flexibility index (Phi) is 9.17. The molecule has 2 atom stereocenters. The number of aryl methyl sites for hydroxylation is 1. The molecule has 204 valence electrons.